The van der Waals surface area contributed by atoms with E-state index in [4.69, 9.17) is 47.4 Å². The van der Waals surface area contributed by atoms with Crippen molar-refractivity contribution in [1.82, 2.24) is 16.0 Å². The lowest BCUT2D eigenvalue weighted by Crippen LogP contribution is -2.72. The quantitative estimate of drug-likeness (QED) is 0.0427. The molecule has 3 amide bonds. The highest BCUT2D eigenvalue weighted by Gasteiger charge is 2.63. The van der Waals surface area contributed by atoms with E-state index in [9.17, 15) is 111 Å². The van der Waals surface area contributed by atoms with Gasteiger partial charge in [-0.15, -0.1) is 0 Å². The minimum atomic E-state index is -3.52. The van der Waals surface area contributed by atoms with Gasteiger partial charge in [0.15, 0.2) is 18.9 Å². The largest absolute Gasteiger partial charge is 0.477 e. The van der Waals surface area contributed by atoms with Gasteiger partial charge in [0.05, 0.1) is 57.3 Å². The SMILES string of the molecule is CCOC1OC(CO)C(OC2OC(CO)C(OC3OC(CO)C(O)C(O)C3NC(C)=O)C(OC3(C(=O)O)CC(O)C(NC(C)=O)C([C@H](O)C(CO)OC4(C(=O)O)CC(O)C(NC(C)=O)C([C@H](O)[C@H](O)CO)O4)O3)C2O)C(O)C1O. The number of hydrogen-bond acceptors (Lipinski definition) is 30. The first kappa shape index (κ1) is 66.2. The maximum atomic E-state index is 13.8. The van der Waals surface area contributed by atoms with E-state index in [1.165, 1.54) is 6.92 Å². The molecule has 5 fully saturated rings. The Bertz CT molecular complexity index is 2030. The molecule has 0 aromatic carbocycles. The minimum Gasteiger partial charge on any atom is -0.477 e. The van der Waals surface area contributed by atoms with Gasteiger partial charge in [-0.25, -0.2) is 9.59 Å². The molecule has 0 radical (unpaired) electrons. The van der Waals surface area contributed by atoms with Crippen LogP contribution in [-0.2, 0) is 71.3 Å². The molecule has 24 unspecified atom stereocenters. The fourth-order valence-electron chi connectivity index (χ4n) is 9.93. The lowest BCUT2D eigenvalue weighted by molar-refractivity contribution is -0.402. The molecular formula is C44H73N3O32. The molecule has 35 nitrogen and oxygen atoms in total. The first-order valence-electron chi connectivity index (χ1n) is 24.8. The van der Waals surface area contributed by atoms with Crippen LogP contribution in [0.5, 0.6) is 0 Å². The second kappa shape index (κ2) is 28.1. The van der Waals surface area contributed by atoms with Gasteiger partial charge in [0.25, 0.3) is 11.6 Å². The van der Waals surface area contributed by atoms with Crippen molar-refractivity contribution in [2.24, 2.45) is 0 Å². The Labute approximate surface area is 447 Å². The highest BCUT2D eigenvalue weighted by molar-refractivity contribution is 5.77. The van der Waals surface area contributed by atoms with E-state index in [0.717, 1.165) is 20.8 Å². The Hall–Kier alpha value is -3.65. The van der Waals surface area contributed by atoms with Gasteiger partial charge in [-0.1, -0.05) is 0 Å². The number of nitrogens with one attached hydrogen (secondary N) is 3. The predicted octanol–water partition coefficient (Wildman–Crippen LogP) is -12.0. The van der Waals surface area contributed by atoms with Crippen molar-refractivity contribution in [1.29, 1.82) is 0 Å². The van der Waals surface area contributed by atoms with Crippen LogP contribution < -0.4 is 16.0 Å². The molecule has 5 heterocycles. The number of aliphatic hydroxyl groups is 15. The van der Waals surface area contributed by atoms with Crippen molar-refractivity contribution in [2.45, 2.75) is 205 Å². The standard InChI is InChI=1S/C44H73N3O32/c1-5-70-39-31(64)30(63)33(21(11-51)72-39)74-40-32(65)37(34(22(12-52)73-40)75-38-25(47-15(4)55)29(62)27(60)19(9-49)71-38)79-44(42(68)69)7-17(57)24(46-14(3)54)36(78-44)28(61)20(10-50)76-43(41(66)67)6-16(56)23(45-13(2)53)35(77-43)26(59)18(58)8-48/h16-40,48-52,56-65H,5-12H2,1-4H3,(H,45,53)(H,46,54)(H,47,55)(H,66,67)(H,68,69)/t16?,17?,18-,19?,20?,21?,22?,23?,24?,25?,26-,27?,28-,29?,30?,31?,32?,33?,34?,35?,36?,37?,38?,39?,40?,43?,44?/m1/s1. The lowest BCUT2D eigenvalue weighted by Gasteiger charge is -2.52. The van der Waals surface area contributed by atoms with Gasteiger partial charge in [-0.05, 0) is 6.92 Å². The number of carbonyl (C=O) groups excluding carboxylic acids is 3. The number of hydrogen-bond donors (Lipinski definition) is 20. The molecule has 5 rings (SSSR count). The summed E-state index contributed by atoms with van der Waals surface area (Å²) in [6, 6.07) is -5.53. The molecule has 79 heavy (non-hydrogen) atoms. The first-order chi connectivity index (χ1) is 37.1. The fraction of sp³-hybridized carbons (Fsp3) is 0.886. The van der Waals surface area contributed by atoms with Crippen LogP contribution in [0, 0.1) is 0 Å². The summed E-state index contributed by atoms with van der Waals surface area (Å²) in [5, 5.41) is 192. The normalized spacial score (nSPS) is 42.4. The predicted molar refractivity (Wildman–Crippen MR) is 245 cm³/mol. The molecule has 5 aliphatic heterocycles. The third-order valence-corrected chi connectivity index (χ3v) is 13.8. The molecule has 456 valence electrons. The number of ether oxygens (including phenoxy) is 10. The number of aliphatic carboxylic acids is 2. The summed E-state index contributed by atoms with van der Waals surface area (Å²) >= 11 is 0. The zero-order chi connectivity index (χ0) is 59.2. The molecule has 0 aromatic rings. The van der Waals surface area contributed by atoms with Crippen LogP contribution in [0.15, 0.2) is 0 Å². The Morgan fingerprint density at radius 2 is 1.01 bits per heavy atom. The Morgan fingerprint density at radius 1 is 0.544 bits per heavy atom. The summed E-state index contributed by atoms with van der Waals surface area (Å²) in [5.41, 5.74) is 0. The number of amides is 3. The van der Waals surface area contributed by atoms with E-state index in [0.29, 0.717) is 0 Å². The van der Waals surface area contributed by atoms with Gasteiger partial charge in [0.1, 0.15) is 110 Å². The average molecular weight is 1160 g/mol. The lowest BCUT2D eigenvalue weighted by atomic mass is 9.87. The molecule has 35 heteroatoms. The van der Waals surface area contributed by atoms with Crippen LogP contribution in [0.1, 0.15) is 40.5 Å². The first-order valence-corrected chi connectivity index (χ1v) is 24.8. The number of rotatable bonds is 24. The number of carbonyl (C=O) groups is 5. The molecule has 0 saturated carbocycles. The van der Waals surface area contributed by atoms with Gasteiger partial charge < -0.3 is 150 Å². The summed E-state index contributed by atoms with van der Waals surface area (Å²) in [5.74, 6) is -14.0. The van der Waals surface area contributed by atoms with Crippen LogP contribution >= 0.6 is 0 Å². The Kier molecular flexibility index (Phi) is 23.5. The number of aliphatic hydroxyl groups excluding tert-OH is 15. The number of carboxylic acids is 2. The summed E-state index contributed by atoms with van der Waals surface area (Å²) < 4.78 is 57.6. The molecule has 5 saturated heterocycles. The molecule has 0 aliphatic carbocycles. The molecular weight excluding hydrogens is 1080 g/mol. The van der Waals surface area contributed by atoms with Crippen LogP contribution in [0.25, 0.3) is 0 Å². The Morgan fingerprint density at radius 3 is 1.51 bits per heavy atom. The summed E-state index contributed by atoms with van der Waals surface area (Å²) in [6.45, 7) is -1.63. The smallest absolute Gasteiger partial charge is 0.364 e. The zero-order valence-electron chi connectivity index (χ0n) is 42.8. The van der Waals surface area contributed by atoms with Crippen LogP contribution in [0.3, 0.4) is 0 Å². The van der Waals surface area contributed by atoms with Crippen LogP contribution in [0.2, 0.25) is 0 Å². The van der Waals surface area contributed by atoms with E-state index in [1.807, 2.05) is 0 Å². The molecule has 0 aromatic heterocycles. The third-order valence-electron chi connectivity index (χ3n) is 13.8. The third kappa shape index (κ3) is 14.6. The van der Waals surface area contributed by atoms with E-state index in [2.05, 4.69) is 16.0 Å². The van der Waals surface area contributed by atoms with Crippen molar-refractivity contribution < 1.29 is 158 Å². The second-order valence-electron chi connectivity index (χ2n) is 19.4. The van der Waals surface area contributed by atoms with E-state index in [1.54, 1.807) is 0 Å². The van der Waals surface area contributed by atoms with Crippen molar-refractivity contribution in [3.05, 3.63) is 0 Å². The van der Waals surface area contributed by atoms with Gasteiger partial charge >= 0.3 is 11.9 Å². The van der Waals surface area contributed by atoms with Crippen LogP contribution in [-0.4, -0.2) is 321 Å². The highest BCUT2D eigenvalue weighted by Crippen LogP contribution is 2.42. The molecule has 0 spiro atoms. The van der Waals surface area contributed by atoms with Gasteiger partial charge in [0, 0.05) is 40.2 Å². The number of carboxylic acid groups (broad SMARTS) is 2. The monoisotopic (exact) mass is 1160 g/mol. The van der Waals surface area contributed by atoms with Gasteiger partial charge in [-0.3, -0.25) is 14.4 Å². The van der Waals surface area contributed by atoms with Crippen molar-refractivity contribution in [3.8, 4) is 0 Å². The summed E-state index contributed by atoms with van der Waals surface area (Å²) in [6.07, 6.45) is -49.3. The average Bonchev–Trinajstić information content (AvgIpc) is 3.40. The zero-order valence-corrected chi connectivity index (χ0v) is 42.8. The van der Waals surface area contributed by atoms with E-state index < -0.39 is 240 Å². The topological polar surface area (TPSA) is 558 Å². The van der Waals surface area contributed by atoms with Crippen molar-refractivity contribution in [3.63, 3.8) is 0 Å². The summed E-state index contributed by atoms with van der Waals surface area (Å²) in [4.78, 5) is 64.1. The van der Waals surface area contributed by atoms with Gasteiger partial charge in [-0.2, -0.15) is 0 Å². The van der Waals surface area contributed by atoms with Gasteiger partial charge in [0.2, 0.25) is 17.7 Å². The molecule has 0 bridgehead atoms. The van der Waals surface area contributed by atoms with Crippen LogP contribution in [0.4, 0.5) is 0 Å². The van der Waals surface area contributed by atoms with E-state index in [-0.39, 0.29) is 6.61 Å². The second-order valence-corrected chi connectivity index (χ2v) is 19.4. The van der Waals surface area contributed by atoms with Crippen molar-refractivity contribution >= 4 is 29.7 Å². The minimum absolute atomic E-state index is 0.0601. The maximum absolute atomic E-state index is 13.8. The molecule has 27 atom stereocenters. The Balaban J connectivity index is 1.62. The molecule has 20 N–H and O–H groups in total. The fourth-order valence-corrected chi connectivity index (χ4v) is 9.93. The molecule has 5 aliphatic rings. The summed E-state index contributed by atoms with van der Waals surface area (Å²) in [7, 11) is 0. The maximum Gasteiger partial charge on any atom is 0.364 e. The highest BCUT2D eigenvalue weighted by atomic mass is 16.8. The van der Waals surface area contributed by atoms with Crippen molar-refractivity contribution in [2.75, 3.05) is 39.6 Å². The van der Waals surface area contributed by atoms with E-state index >= 15 is 0 Å².